The second kappa shape index (κ2) is 6.70. The fourth-order valence-electron chi connectivity index (χ4n) is 2.60. The van der Waals surface area contributed by atoms with Crippen LogP contribution >= 0.6 is 0 Å². The van der Waals surface area contributed by atoms with Crippen molar-refractivity contribution in [2.24, 2.45) is 0 Å². The van der Waals surface area contributed by atoms with E-state index in [1.807, 2.05) is 0 Å². The van der Waals surface area contributed by atoms with E-state index < -0.39 is 6.03 Å². The molecule has 1 aliphatic rings. The average molecular weight is 317 g/mol. The highest BCUT2D eigenvalue weighted by atomic mass is 16.5. The largest absolute Gasteiger partial charge is 0.497 e. The highest BCUT2D eigenvalue weighted by Crippen LogP contribution is 2.17. The first-order chi connectivity index (χ1) is 11.2. The minimum atomic E-state index is -0.423. The van der Waals surface area contributed by atoms with Crippen LogP contribution in [0.15, 0.2) is 29.2 Å². The number of anilines is 1. The molecule has 0 spiro atoms. The molecule has 2 heterocycles. The monoisotopic (exact) mass is 317 g/mol. The molecule has 1 aromatic carbocycles. The van der Waals surface area contributed by atoms with Crippen LogP contribution in [0.5, 0.6) is 5.75 Å². The third kappa shape index (κ3) is 3.45. The van der Waals surface area contributed by atoms with E-state index in [9.17, 15) is 9.59 Å². The van der Waals surface area contributed by atoms with E-state index in [4.69, 9.17) is 9.47 Å². The van der Waals surface area contributed by atoms with Gasteiger partial charge in [0.25, 0.3) is 0 Å². The summed E-state index contributed by atoms with van der Waals surface area (Å²) in [5, 5.41) is 5.75. The van der Waals surface area contributed by atoms with E-state index in [-0.39, 0.29) is 17.2 Å². The SMILES string of the molecule is COc1ccc2[nH]cc(NC(=O)NCC3CCCO3)c(=O)c2c1. The maximum atomic E-state index is 12.4. The zero-order valence-corrected chi connectivity index (χ0v) is 12.8. The van der Waals surface area contributed by atoms with E-state index in [1.165, 1.54) is 13.3 Å². The van der Waals surface area contributed by atoms with Gasteiger partial charge in [-0.05, 0) is 31.0 Å². The van der Waals surface area contributed by atoms with Gasteiger partial charge in [0, 0.05) is 24.9 Å². The molecule has 1 saturated heterocycles. The molecule has 7 nitrogen and oxygen atoms in total. The maximum absolute atomic E-state index is 12.4. The maximum Gasteiger partial charge on any atom is 0.319 e. The fraction of sp³-hybridized carbons (Fsp3) is 0.375. The summed E-state index contributed by atoms with van der Waals surface area (Å²) in [6.07, 6.45) is 3.50. The van der Waals surface area contributed by atoms with Crippen molar-refractivity contribution in [2.75, 3.05) is 25.6 Å². The van der Waals surface area contributed by atoms with Crippen molar-refractivity contribution >= 4 is 22.6 Å². The van der Waals surface area contributed by atoms with Gasteiger partial charge in [-0.15, -0.1) is 0 Å². The van der Waals surface area contributed by atoms with E-state index in [0.29, 0.717) is 23.2 Å². The number of urea groups is 1. The van der Waals surface area contributed by atoms with Crippen LogP contribution in [0.4, 0.5) is 10.5 Å². The summed E-state index contributed by atoms with van der Waals surface area (Å²) in [6.45, 7) is 1.17. The van der Waals surface area contributed by atoms with Crippen LogP contribution in [0.3, 0.4) is 0 Å². The molecular weight excluding hydrogens is 298 g/mol. The minimum absolute atomic E-state index is 0.0555. The average Bonchev–Trinajstić information content (AvgIpc) is 3.09. The summed E-state index contributed by atoms with van der Waals surface area (Å²) in [4.78, 5) is 27.4. The standard InChI is InChI=1S/C16H19N3O4/c1-22-10-4-5-13-12(7-10)15(20)14(9-17-13)19-16(21)18-8-11-3-2-6-23-11/h4-5,7,9,11H,2-3,6,8H2,1H3,(H,17,20)(H2,18,19,21). The third-order valence-electron chi connectivity index (χ3n) is 3.85. The highest BCUT2D eigenvalue weighted by molar-refractivity contribution is 5.92. The molecular formula is C16H19N3O4. The van der Waals surface area contributed by atoms with Crippen molar-refractivity contribution in [3.63, 3.8) is 0 Å². The number of ether oxygens (including phenoxy) is 2. The lowest BCUT2D eigenvalue weighted by molar-refractivity contribution is 0.112. The molecule has 0 saturated carbocycles. The first kappa shape index (κ1) is 15.4. The fourth-order valence-corrected chi connectivity index (χ4v) is 2.60. The Hall–Kier alpha value is -2.54. The smallest absolute Gasteiger partial charge is 0.319 e. The molecule has 1 unspecified atom stereocenters. The topological polar surface area (TPSA) is 92.4 Å². The van der Waals surface area contributed by atoms with Crippen LogP contribution in [0.2, 0.25) is 0 Å². The number of methoxy groups -OCH3 is 1. The summed E-state index contributed by atoms with van der Waals surface area (Å²) in [7, 11) is 1.54. The summed E-state index contributed by atoms with van der Waals surface area (Å²) in [6, 6.07) is 4.74. The molecule has 7 heteroatoms. The van der Waals surface area contributed by atoms with Crippen LogP contribution in [0.25, 0.3) is 10.9 Å². The number of aromatic nitrogens is 1. The van der Waals surface area contributed by atoms with Crippen molar-refractivity contribution in [1.82, 2.24) is 10.3 Å². The first-order valence-electron chi connectivity index (χ1n) is 7.53. The molecule has 1 atom stereocenters. The predicted molar refractivity (Wildman–Crippen MR) is 87.1 cm³/mol. The molecule has 23 heavy (non-hydrogen) atoms. The molecule has 122 valence electrons. The molecule has 3 rings (SSSR count). The summed E-state index contributed by atoms with van der Waals surface area (Å²) < 4.78 is 10.6. The normalized spacial score (nSPS) is 17.2. The number of aromatic amines is 1. The lowest BCUT2D eigenvalue weighted by atomic mass is 10.2. The summed E-state index contributed by atoms with van der Waals surface area (Å²) in [5.74, 6) is 0.586. The molecule has 1 aliphatic heterocycles. The third-order valence-corrected chi connectivity index (χ3v) is 3.85. The van der Waals surface area contributed by atoms with Gasteiger partial charge in [-0.3, -0.25) is 4.79 Å². The Bertz CT molecular complexity index is 765. The zero-order valence-electron chi connectivity index (χ0n) is 12.8. The Morgan fingerprint density at radius 2 is 2.35 bits per heavy atom. The number of carbonyl (C=O) groups excluding carboxylic acids is 1. The van der Waals surface area contributed by atoms with Gasteiger partial charge in [0.05, 0.1) is 18.6 Å². The first-order valence-corrected chi connectivity index (χ1v) is 7.53. The molecule has 3 N–H and O–H groups in total. The van der Waals surface area contributed by atoms with Crippen LogP contribution < -0.4 is 20.8 Å². The molecule has 1 fully saturated rings. The molecule has 0 aliphatic carbocycles. The molecule has 0 radical (unpaired) electrons. The zero-order chi connectivity index (χ0) is 16.2. The molecule has 0 bridgehead atoms. The van der Waals surface area contributed by atoms with Crippen LogP contribution in [0.1, 0.15) is 12.8 Å². The number of pyridine rings is 1. The number of nitrogens with one attached hydrogen (secondary N) is 3. The van der Waals surface area contributed by atoms with Gasteiger partial charge in [0.2, 0.25) is 5.43 Å². The summed E-state index contributed by atoms with van der Waals surface area (Å²) in [5.41, 5.74) is 0.613. The Balaban J connectivity index is 1.73. The number of fused-ring (bicyclic) bond motifs is 1. The van der Waals surface area contributed by atoms with Gasteiger partial charge in [-0.25, -0.2) is 4.79 Å². The van der Waals surface area contributed by atoms with Crippen molar-refractivity contribution < 1.29 is 14.3 Å². The van der Waals surface area contributed by atoms with E-state index in [0.717, 1.165) is 19.4 Å². The Morgan fingerprint density at radius 1 is 1.48 bits per heavy atom. The van der Waals surface area contributed by atoms with Crippen molar-refractivity contribution in [1.29, 1.82) is 0 Å². The second-order valence-corrected chi connectivity index (χ2v) is 5.41. The number of carbonyl (C=O) groups is 1. The van der Waals surface area contributed by atoms with Gasteiger partial charge in [-0.1, -0.05) is 0 Å². The van der Waals surface area contributed by atoms with Gasteiger partial charge < -0.3 is 25.1 Å². The number of hydrogen-bond donors (Lipinski definition) is 3. The van der Waals surface area contributed by atoms with Crippen LogP contribution in [-0.2, 0) is 4.74 Å². The lowest BCUT2D eigenvalue weighted by Crippen LogP contribution is -2.36. The predicted octanol–water partition coefficient (Wildman–Crippen LogP) is 1.84. The quantitative estimate of drug-likeness (QED) is 0.802. The molecule has 1 aromatic heterocycles. The van der Waals surface area contributed by atoms with E-state index in [2.05, 4.69) is 15.6 Å². The highest BCUT2D eigenvalue weighted by Gasteiger charge is 2.16. The van der Waals surface area contributed by atoms with Crippen LogP contribution in [-0.4, -0.2) is 37.4 Å². The Kier molecular flexibility index (Phi) is 4.47. The number of rotatable bonds is 4. The Labute approximate surface area is 133 Å². The van der Waals surface area contributed by atoms with Crippen molar-refractivity contribution in [2.45, 2.75) is 18.9 Å². The minimum Gasteiger partial charge on any atom is -0.497 e. The van der Waals surface area contributed by atoms with Gasteiger partial charge in [0.15, 0.2) is 0 Å². The second-order valence-electron chi connectivity index (χ2n) is 5.41. The van der Waals surface area contributed by atoms with E-state index in [1.54, 1.807) is 18.2 Å². The lowest BCUT2D eigenvalue weighted by Gasteiger charge is -2.12. The summed E-state index contributed by atoms with van der Waals surface area (Å²) >= 11 is 0. The number of amides is 2. The van der Waals surface area contributed by atoms with Crippen molar-refractivity contribution in [3.8, 4) is 5.75 Å². The van der Waals surface area contributed by atoms with Crippen LogP contribution in [0, 0.1) is 0 Å². The van der Waals surface area contributed by atoms with E-state index >= 15 is 0 Å². The van der Waals surface area contributed by atoms with Crippen molar-refractivity contribution in [3.05, 3.63) is 34.6 Å². The molecule has 2 amide bonds. The van der Waals surface area contributed by atoms with Gasteiger partial charge in [0.1, 0.15) is 11.4 Å². The van der Waals surface area contributed by atoms with Gasteiger partial charge >= 0.3 is 6.03 Å². The van der Waals surface area contributed by atoms with Gasteiger partial charge in [-0.2, -0.15) is 0 Å². The molecule has 2 aromatic rings. The number of hydrogen-bond acceptors (Lipinski definition) is 4. The number of H-pyrrole nitrogens is 1. The number of benzene rings is 1. The Morgan fingerprint density at radius 3 is 3.09 bits per heavy atom.